The summed E-state index contributed by atoms with van der Waals surface area (Å²) in [6, 6.07) is 23.2. The minimum atomic E-state index is -1.25. The summed E-state index contributed by atoms with van der Waals surface area (Å²) >= 11 is 0. The first kappa shape index (κ1) is 25.9. The molecule has 6 nitrogen and oxygen atoms in total. The van der Waals surface area contributed by atoms with Crippen LogP contribution < -0.4 is 20.0 Å². The number of hydrogen-bond acceptors (Lipinski definition) is 6. The number of aromatic hydroxyl groups is 2. The van der Waals surface area contributed by atoms with Crippen molar-refractivity contribution in [1.82, 2.24) is 0 Å². The maximum atomic E-state index is 14.7. The first-order valence-corrected chi connectivity index (χ1v) is 15.5. The average Bonchev–Trinajstić information content (AvgIpc) is 3.03. The summed E-state index contributed by atoms with van der Waals surface area (Å²) in [5.74, 6) is -1.49. The van der Waals surface area contributed by atoms with E-state index >= 15 is 0 Å². The van der Waals surface area contributed by atoms with Crippen molar-refractivity contribution in [2.24, 2.45) is 0 Å². The monoisotopic (exact) mass is 580 g/mol. The first-order chi connectivity index (χ1) is 21.4. The van der Waals surface area contributed by atoms with Crippen LogP contribution in [0.4, 0.5) is 11.4 Å². The van der Waals surface area contributed by atoms with Gasteiger partial charge in [0.2, 0.25) is 0 Å². The van der Waals surface area contributed by atoms with Gasteiger partial charge in [0, 0.05) is 59.5 Å². The third-order valence-corrected chi connectivity index (χ3v) is 10.6. The van der Waals surface area contributed by atoms with Gasteiger partial charge in [0.25, 0.3) is 0 Å². The normalized spacial score (nSPS) is 22.3. The van der Waals surface area contributed by atoms with Gasteiger partial charge in [-0.3, -0.25) is 0 Å². The van der Waals surface area contributed by atoms with Crippen molar-refractivity contribution in [3.05, 3.63) is 95.1 Å². The van der Waals surface area contributed by atoms with Gasteiger partial charge in [-0.05, 0) is 69.8 Å². The second kappa shape index (κ2) is 9.00. The van der Waals surface area contributed by atoms with E-state index in [-0.39, 0.29) is 11.5 Å². The van der Waals surface area contributed by atoms with Gasteiger partial charge in [-0.1, -0.05) is 60.7 Å². The summed E-state index contributed by atoms with van der Waals surface area (Å²) < 4.78 is 0. The number of rotatable bonds is 3. The predicted octanol–water partition coefficient (Wildman–Crippen LogP) is 5.03. The van der Waals surface area contributed by atoms with Crippen molar-refractivity contribution in [1.29, 1.82) is 0 Å². The van der Waals surface area contributed by atoms with Crippen LogP contribution in [0, 0.1) is 0 Å². The minimum absolute atomic E-state index is 0.0748. The molecule has 6 heteroatoms. The summed E-state index contributed by atoms with van der Waals surface area (Å²) in [5.41, 5.74) is 5.81. The molecule has 6 aromatic carbocycles. The highest BCUT2D eigenvalue weighted by atomic mass is 16.3. The Kier molecular flexibility index (Phi) is 5.31. The van der Waals surface area contributed by atoms with Crippen LogP contribution >= 0.6 is 0 Å². The molecule has 0 amide bonds. The molecule has 2 heterocycles. The number of phenolic OH excluding ortho intramolecular Hbond substituents is 2. The van der Waals surface area contributed by atoms with E-state index < -0.39 is 24.0 Å². The number of benzene rings is 6. The highest BCUT2D eigenvalue weighted by Gasteiger charge is 2.43. The topological polar surface area (TPSA) is 93.1 Å². The van der Waals surface area contributed by atoms with Crippen LogP contribution in [0.3, 0.4) is 0 Å². The molecule has 9 rings (SSSR count). The standard InChI is InChI=1S/C38H32N2O4/c1-39(2)35-22-9-4-3-8-21(22)30(29-24(35)11-6-12-25(29)41)33-37(43)34(38(33)44)31-23-10-5-7-19-15-17-40-18-16-20-13-14-26(42)32(31)28(20)36(40)27(19)23/h3-14,33-34,37-38,41-42H,15-18H2,1-2H3/q-2. The largest absolute Gasteiger partial charge is 0.851 e. The first-order valence-electron chi connectivity index (χ1n) is 15.5. The lowest BCUT2D eigenvalue weighted by atomic mass is 9.60. The summed E-state index contributed by atoms with van der Waals surface area (Å²) in [4.78, 5) is 4.43. The second-order valence-corrected chi connectivity index (χ2v) is 13.0. The molecule has 0 spiro atoms. The van der Waals surface area contributed by atoms with Crippen molar-refractivity contribution in [2.75, 3.05) is 37.0 Å². The lowest BCUT2D eigenvalue weighted by Crippen LogP contribution is -2.63. The SMILES string of the molecule is CN(C)c1c2ccccc2c(C2C([O-])C(c3c4cccc5c4c4c6c(ccc(O)c36)CCN4CC5)C2[O-])c2c(O)cccc12. The van der Waals surface area contributed by atoms with Gasteiger partial charge in [-0.15, -0.1) is 12.2 Å². The Hall–Kier alpha value is -4.52. The lowest BCUT2D eigenvalue weighted by molar-refractivity contribution is -0.535. The molecule has 0 radical (unpaired) electrons. The smallest absolute Gasteiger partial charge is 0.123 e. The second-order valence-electron chi connectivity index (χ2n) is 13.0. The Morgan fingerprint density at radius 3 is 1.93 bits per heavy atom. The molecule has 220 valence electrons. The zero-order valence-electron chi connectivity index (χ0n) is 24.7. The van der Waals surface area contributed by atoms with Gasteiger partial charge in [0.1, 0.15) is 11.5 Å². The summed E-state index contributed by atoms with van der Waals surface area (Å²) in [6.45, 7) is 1.84. The Labute approximate surface area is 255 Å². The van der Waals surface area contributed by atoms with Crippen LogP contribution in [0.5, 0.6) is 11.5 Å². The van der Waals surface area contributed by atoms with Crippen molar-refractivity contribution >= 4 is 54.5 Å². The molecular formula is C38H32N2O4-2. The molecule has 6 aromatic rings. The maximum Gasteiger partial charge on any atom is 0.123 e. The summed E-state index contributed by atoms with van der Waals surface area (Å²) in [7, 11) is 3.94. The van der Waals surface area contributed by atoms with Gasteiger partial charge >= 0.3 is 0 Å². The third-order valence-electron chi connectivity index (χ3n) is 10.6. The zero-order valence-corrected chi connectivity index (χ0v) is 24.7. The lowest BCUT2D eigenvalue weighted by Gasteiger charge is -2.62. The number of anilines is 2. The molecule has 1 fully saturated rings. The fourth-order valence-corrected chi connectivity index (χ4v) is 8.85. The molecular weight excluding hydrogens is 548 g/mol. The van der Waals surface area contributed by atoms with Gasteiger partial charge in [0.05, 0.1) is 11.4 Å². The van der Waals surface area contributed by atoms with Crippen molar-refractivity contribution in [2.45, 2.75) is 36.9 Å². The molecule has 0 aromatic heterocycles. The van der Waals surface area contributed by atoms with Crippen molar-refractivity contribution in [3.63, 3.8) is 0 Å². The van der Waals surface area contributed by atoms with E-state index in [1.807, 2.05) is 73.6 Å². The van der Waals surface area contributed by atoms with E-state index in [1.54, 1.807) is 12.1 Å². The van der Waals surface area contributed by atoms with Gasteiger partial charge in [-0.2, -0.15) is 0 Å². The molecule has 1 saturated carbocycles. The minimum Gasteiger partial charge on any atom is -0.851 e. The predicted molar refractivity (Wildman–Crippen MR) is 173 cm³/mol. The molecule has 2 unspecified atom stereocenters. The van der Waals surface area contributed by atoms with Gasteiger partial charge in [0.15, 0.2) is 0 Å². The van der Waals surface area contributed by atoms with E-state index in [1.165, 1.54) is 5.56 Å². The van der Waals surface area contributed by atoms with E-state index in [9.17, 15) is 20.4 Å². The van der Waals surface area contributed by atoms with E-state index in [0.717, 1.165) is 75.2 Å². The van der Waals surface area contributed by atoms with Gasteiger partial charge in [-0.25, -0.2) is 0 Å². The molecule has 2 aliphatic heterocycles. The molecule has 3 aliphatic rings. The number of phenols is 2. The number of hydrogen-bond donors (Lipinski definition) is 2. The van der Waals surface area contributed by atoms with Crippen molar-refractivity contribution in [3.8, 4) is 11.5 Å². The Morgan fingerprint density at radius 1 is 0.614 bits per heavy atom. The van der Waals surface area contributed by atoms with Crippen LogP contribution in [0.15, 0.2) is 72.8 Å². The highest BCUT2D eigenvalue weighted by Crippen LogP contribution is 2.57. The van der Waals surface area contributed by atoms with E-state index in [2.05, 4.69) is 11.0 Å². The average molecular weight is 581 g/mol. The fraction of sp³-hybridized carbons (Fsp3) is 0.263. The number of nitrogens with zero attached hydrogens (tertiary/aromatic N) is 2. The molecule has 1 aliphatic carbocycles. The molecule has 2 atom stereocenters. The molecule has 2 N–H and O–H groups in total. The molecule has 0 saturated heterocycles. The van der Waals surface area contributed by atoms with Crippen LogP contribution in [0.1, 0.15) is 34.1 Å². The summed E-state index contributed by atoms with van der Waals surface area (Å²) in [5, 5.41) is 59.0. The maximum absolute atomic E-state index is 14.7. The van der Waals surface area contributed by atoms with E-state index in [4.69, 9.17) is 0 Å². The zero-order chi connectivity index (χ0) is 30.0. The number of fused-ring (bicyclic) bond motifs is 2. The van der Waals surface area contributed by atoms with Crippen LogP contribution in [0.2, 0.25) is 0 Å². The van der Waals surface area contributed by atoms with Crippen LogP contribution in [-0.2, 0) is 12.8 Å². The Morgan fingerprint density at radius 2 is 1.20 bits per heavy atom. The quantitative estimate of drug-likeness (QED) is 0.285. The van der Waals surface area contributed by atoms with Gasteiger partial charge < -0.3 is 30.2 Å². The fourth-order valence-electron chi connectivity index (χ4n) is 8.85. The van der Waals surface area contributed by atoms with Crippen molar-refractivity contribution < 1.29 is 20.4 Å². The summed E-state index contributed by atoms with van der Waals surface area (Å²) in [6.07, 6.45) is -0.727. The van der Waals surface area contributed by atoms with E-state index in [0.29, 0.717) is 21.9 Å². The van der Waals surface area contributed by atoms with Crippen LogP contribution in [0.25, 0.3) is 43.1 Å². The molecule has 0 bridgehead atoms. The Bertz CT molecular complexity index is 2190. The highest BCUT2D eigenvalue weighted by molar-refractivity contribution is 6.20. The molecule has 44 heavy (non-hydrogen) atoms. The third kappa shape index (κ3) is 3.17. The van der Waals surface area contributed by atoms with Crippen LogP contribution in [-0.4, -0.2) is 49.6 Å². The Balaban J connectivity index is 1.32.